The molecule has 0 bridgehead atoms. The number of aromatic nitrogens is 5. The molecule has 140 valence electrons. The highest BCUT2D eigenvalue weighted by molar-refractivity contribution is 5.92. The molecule has 1 atom stereocenters. The number of likely N-dealkylation sites (tertiary alicyclic amines) is 1. The van der Waals surface area contributed by atoms with Crippen LogP contribution in [0.1, 0.15) is 48.9 Å². The van der Waals surface area contributed by atoms with Gasteiger partial charge in [0.1, 0.15) is 17.8 Å². The molecule has 26 heavy (non-hydrogen) atoms. The van der Waals surface area contributed by atoms with Gasteiger partial charge in [0, 0.05) is 56.9 Å². The van der Waals surface area contributed by atoms with Gasteiger partial charge in [0.05, 0.1) is 0 Å². The van der Waals surface area contributed by atoms with Crippen molar-refractivity contribution >= 4 is 5.91 Å². The second-order valence-electron chi connectivity index (χ2n) is 7.22. The average molecular weight is 358 g/mol. The molecule has 2 aliphatic heterocycles. The van der Waals surface area contributed by atoms with E-state index in [9.17, 15) is 4.79 Å². The van der Waals surface area contributed by atoms with Gasteiger partial charge < -0.3 is 14.2 Å². The van der Waals surface area contributed by atoms with E-state index in [4.69, 9.17) is 4.74 Å². The largest absolute Gasteiger partial charge is 0.381 e. The summed E-state index contributed by atoms with van der Waals surface area (Å²) in [5, 5.41) is 12.8. The van der Waals surface area contributed by atoms with Crippen LogP contribution < -0.4 is 0 Å². The highest BCUT2D eigenvalue weighted by Crippen LogP contribution is 2.49. The van der Waals surface area contributed by atoms with E-state index in [2.05, 4.69) is 26.8 Å². The Morgan fingerprint density at radius 3 is 2.85 bits per heavy atom. The monoisotopic (exact) mass is 358 g/mol. The zero-order valence-corrected chi connectivity index (χ0v) is 15.5. The van der Waals surface area contributed by atoms with E-state index in [0.717, 1.165) is 45.0 Å². The molecule has 8 heteroatoms. The molecular formula is C18H26N6O2. The fourth-order valence-electron chi connectivity index (χ4n) is 4.47. The fourth-order valence-corrected chi connectivity index (χ4v) is 4.47. The standard InChI is InChI=1S/C18H26N6O2/c1-3-22-13-19-21-16(22)14-11-23(12-18(14)6-9-26-10-7-18)17(25)15-5-8-20-24(15)4-2/h5,8,13-14H,3-4,6-7,9-12H2,1-2H3. The Balaban J connectivity index is 1.66. The summed E-state index contributed by atoms with van der Waals surface area (Å²) >= 11 is 0. The van der Waals surface area contributed by atoms with Crippen LogP contribution in [0.5, 0.6) is 0 Å². The summed E-state index contributed by atoms with van der Waals surface area (Å²) in [6.07, 6.45) is 5.39. The average Bonchev–Trinajstić information content (AvgIpc) is 3.39. The second kappa shape index (κ2) is 6.83. The lowest BCUT2D eigenvalue weighted by Gasteiger charge is -2.37. The van der Waals surface area contributed by atoms with Crippen molar-refractivity contribution in [1.82, 2.24) is 29.4 Å². The maximum Gasteiger partial charge on any atom is 0.272 e. The van der Waals surface area contributed by atoms with Gasteiger partial charge in [-0.15, -0.1) is 10.2 Å². The first-order chi connectivity index (χ1) is 12.7. The van der Waals surface area contributed by atoms with Gasteiger partial charge >= 0.3 is 0 Å². The maximum atomic E-state index is 13.2. The van der Waals surface area contributed by atoms with Gasteiger partial charge in [-0.1, -0.05) is 0 Å². The van der Waals surface area contributed by atoms with Gasteiger partial charge in [0.25, 0.3) is 5.91 Å². The van der Waals surface area contributed by atoms with Crippen molar-refractivity contribution < 1.29 is 9.53 Å². The van der Waals surface area contributed by atoms with Gasteiger partial charge in [-0.3, -0.25) is 9.48 Å². The lowest BCUT2D eigenvalue weighted by Crippen LogP contribution is -2.38. The zero-order valence-electron chi connectivity index (χ0n) is 15.5. The third kappa shape index (κ3) is 2.72. The molecule has 2 fully saturated rings. The molecule has 0 aromatic carbocycles. The summed E-state index contributed by atoms with van der Waals surface area (Å²) in [7, 11) is 0. The summed E-state index contributed by atoms with van der Waals surface area (Å²) < 4.78 is 9.49. The van der Waals surface area contributed by atoms with Crippen LogP contribution in [-0.2, 0) is 17.8 Å². The van der Waals surface area contributed by atoms with Crippen LogP contribution >= 0.6 is 0 Å². The number of ether oxygens (including phenoxy) is 1. The number of hydrogen-bond donors (Lipinski definition) is 0. The number of aryl methyl sites for hydroxylation is 2. The Labute approximate surface area is 153 Å². The van der Waals surface area contributed by atoms with Crippen molar-refractivity contribution in [2.75, 3.05) is 26.3 Å². The number of rotatable bonds is 4. The van der Waals surface area contributed by atoms with Crippen molar-refractivity contribution in [3.63, 3.8) is 0 Å². The number of amides is 1. The first kappa shape index (κ1) is 17.2. The van der Waals surface area contributed by atoms with Crippen LogP contribution in [0.15, 0.2) is 18.6 Å². The molecule has 2 aliphatic rings. The fraction of sp³-hybridized carbons (Fsp3) is 0.667. The van der Waals surface area contributed by atoms with Crippen LogP contribution in [0.3, 0.4) is 0 Å². The molecule has 2 aromatic heterocycles. The lowest BCUT2D eigenvalue weighted by atomic mass is 9.71. The Kier molecular flexibility index (Phi) is 4.52. The van der Waals surface area contributed by atoms with Crippen molar-refractivity contribution in [3.8, 4) is 0 Å². The minimum absolute atomic E-state index is 0.0188. The van der Waals surface area contributed by atoms with E-state index in [1.54, 1.807) is 17.2 Å². The van der Waals surface area contributed by atoms with Crippen LogP contribution in [0.25, 0.3) is 0 Å². The van der Waals surface area contributed by atoms with Gasteiger partial charge in [0.2, 0.25) is 0 Å². The molecular weight excluding hydrogens is 332 g/mol. The Bertz CT molecular complexity index is 776. The van der Waals surface area contributed by atoms with E-state index in [-0.39, 0.29) is 17.2 Å². The number of hydrogen-bond acceptors (Lipinski definition) is 5. The SMILES string of the molecule is CCn1cnnc1C1CN(C(=O)c2ccnn2CC)CC12CCOCC2. The summed E-state index contributed by atoms with van der Waals surface area (Å²) in [6.45, 7) is 8.52. The maximum absolute atomic E-state index is 13.2. The lowest BCUT2D eigenvalue weighted by molar-refractivity contribution is 0.0107. The number of carbonyl (C=O) groups excluding carboxylic acids is 1. The van der Waals surface area contributed by atoms with Gasteiger partial charge in [-0.25, -0.2) is 0 Å². The molecule has 0 radical (unpaired) electrons. The third-order valence-electron chi connectivity index (χ3n) is 5.96. The molecule has 1 unspecified atom stereocenters. The summed E-state index contributed by atoms with van der Waals surface area (Å²) in [4.78, 5) is 15.2. The summed E-state index contributed by atoms with van der Waals surface area (Å²) in [5.41, 5.74) is 0.678. The van der Waals surface area contributed by atoms with E-state index < -0.39 is 0 Å². The third-order valence-corrected chi connectivity index (χ3v) is 5.96. The van der Waals surface area contributed by atoms with E-state index in [0.29, 0.717) is 18.8 Å². The predicted molar refractivity (Wildman–Crippen MR) is 94.7 cm³/mol. The van der Waals surface area contributed by atoms with Crippen LogP contribution in [-0.4, -0.2) is 61.7 Å². The van der Waals surface area contributed by atoms with Crippen molar-refractivity contribution in [2.45, 2.75) is 45.7 Å². The van der Waals surface area contributed by atoms with Crippen molar-refractivity contribution in [2.24, 2.45) is 5.41 Å². The molecule has 4 rings (SSSR count). The quantitative estimate of drug-likeness (QED) is 0.829. The van der Waals surface area contributed by atoms with E-state index in [1.807, 2.05) is 17.9 Å². The van der Waals surface area contributed by atoms with Gasteiger partial charge in [-0.2, -0.15) is 5.10 Å². The van der Waals surface area contributed by atoms with Crippen molar-refractivity contribution in [3.05, 3.63) is 30.1 Å². The summed E-state index contributed by atoms with van der Waals surface area (Å²) in [6, 6.07) is 1.81. The molecule has 2 saturated heterocycles. The van der Waals surface area contributed by atoms with Crippen LogP contribution in [0.4, 0.5) is 0 Å². The molecule has 4 heterocycles. The van der Waals surface area contributed by atoms with Gasteiger partial charge in [0.15, 0.2) is 0 Å². The molecule has 0 N–H and O–H groups in total. The molecule has 1 amide bonds. The van der Waals surface area contributed by atoms with E-state index >= 15 is 0 Å². The number of carbonyl (C=O) groups is 1. The first-order valence-electron chi connectivity index (χ1n) is 9.45. The van der Waals surface area contributed by atoms with Gasteiger partial charge in [-0.05, 0) is 32.8 Å². The zero-order chi connectivity index (χ0) is 18.1. The topological polar surface area (TPSA) is 78.1 Å². The number of nitrogens with zero attached hydrogens (tertiary/aromatic N) is 6. The van der Waals surface area contributed by atoms with Crippen LogP contribution in [0, 0.1) is 5.41 Å². The molecule has 0 saturated carbocycles. The van der Waals surface area contributed by atoms with Crippen LogP contribution in [0.2, 0.25) is 0 Å². The second-order valence-corrected chi connectivity index (χ2v) is 7.22. The first-order valence-corrected chi connectivity index (χ1v) is 9.45. The predicted octanol–water partition coefficient (Wildman–Crippen LogP) is 1.55. The molecule has 8 nitrogen and oxygen atoms in total. The Morgan fingerprint density at radius 2 is 2.12 bits per heavy atom. The Hall–Kier alpha value is -2.22. The van der Waals surface area contributed by atoms with E-state index in [1.165, 1.54) is 0 Å². The smallest absolute Gasteiger partial charge is 0.272 e. The molecule has 1 spiro atoms. The highest BCUT2D eigenvalue weighted by Gasteiger charge is 2.51. The molecule has 0 aliphatic carbocycles. The highest BCUT2D eigenvalue weighted by atomic mass is 16.5. The minimum Gasteiger partial charge on any atom is -0.381 e. The minimum atomic E-state index is 0.0188. The molecule has 2 aromatic rings. The summed E-state index contributed by atoms with van der Waals surface area (Å²) in [5.74, 6) is 1.24. The van der Waals surface area contributed by atoms with Crippen molar-refractivity contribution in [1.29, 1.82) is 0 Å². The Morgan fingerprint density at radius 1 is 1.31 bits per heavy atom. The normalized spacial score (nSPS) is 22.2.